The number of carboxylic acid groups (broad SMARTS) is 2. The van der Waals surface area contributed by atoms with Crippen LogP contribution in [-0.2, 0) is 28.8 Å². The Morgan fingerprint density at radius 2 is 1.21 bits per heavy atom. The first-order valence-electron chi connectivity index (χ1n) is 8.04. The Hall–Kier alpha value is -2.52. The van der Waals surface area contributed by atoms with Crippen LogP contribution >= 0.6 is 25.3 Å². The van der Waals surface area contributed by atoms with Gasteiger partial charge < -0.3 is 37.6 Å². The van der Waals surface area contributed by atoms with Gasteiger partial charge >= 0.3 is 11.9 Å². The summed E-state index contributed by atoms with van der Waals surface area (Å²) in [4.78, 5) is 69.2. The first kappa shape index (κ1) is 26.5. The highest BCUT2D eigenvalue weighted by molar-refractivity contribution is 7.80. The van der Waals surface area contributed by atoms with Gasteiger partial charge in [0.25, 0.3) is 0 Å². The predicted molar refractivity (Wildman–Crippen MR) is 105 cm³/mol. The smallest absolute Gasteiger partial charge is 0.327 e. The number of primary amides is 1. The normalized spacial score (nSPS) is 14.6. The third-order valence-corrected chi connectivity index (χ3v) is 4.11. The molecule has 0 aromatic heterocycles. The molecule has 0 radical (unpaired) electrons. The number of amides is 4. The zero-order valence-corrected chi connectivity index (χ0v) is 16.8. The molecule has 15 heteroatoms. The summed E-state index contributed by atoms with van der Waals surface area (Å²) in [5.74, 6) is -7.04. The average molecular weight is 453 g/mol. The fourth-order valence-corrected chi connectivity index (χ4v) is 2.40. The van der Waals surface area contributed by atoms with Gasteiger partial charge in [0, 0.05) is 11.5 Å². The van der Waals surface area contributed by atoms with Crippen molar-refractivity contribution in [3.05, 3.63) is 0 Å². The SMILES string of the molecule is NC(=O)CC(NC(=O)C(N)CC(=O)O)C(=O)NC(CS)C(=O)NC(CS)C(=O)O. The maximum Gasteiger partial charge on any atom is 0.327 e. The van der Waals surface area contributed by atoms with Crippen molar-refractivity contribution in [1.82, 2.24) is 16.0 Å². The third-order valence-electron chi connectivity index (χ3n) is 3.38. The maximum absolute atomic E-state index is 12.4. The van der Waals surface area contributed by atoms with E-state index in [1.54, 1.807) is 0 Å². The molecule has 164 valence electrons. The highest BCUT2D eigenvalue weighted by atomic mass is 32.1. The second kappa shape index (κ2) is 12.8. The van der Waals surface area contributed by atoms with Crippen molar-refractivity contribution in [3.8, 4) is 0 Å². The van der Waals surface area contributed by atoms with Crippen LogP contribution in [0.4, 0.5) is 0 Å². The molecule has 0 saturated heterocycles. The monoisotopic (exact) mass is 453 g/mol. The van der Waals surface area contributed by atoms with Crippen LogP contribution in [0.2, 0.25) is 0 Å². The number of carbonyl (C=O) groups is 6. The summed E-state index contributed by atoms with van der Waals surface area (Å²) >= 11 is 7.70. The van der Waals surface area contributed by atoms with Crippen molar-refractivity contribution in [2.75, 3.05) is 11.5 Å². The van der Waals surface area contributed by atoms with Gasteiger partial charge in [-0.3, -0.25) is 24.0 Å². The molecule has 0 aliphatic carbocycles. The fourth-order valence-electron chi connectivity index (χ4n) is 1.89. The van der Waals surface area contributed by atoms with E-state index in [0.29, 0.717) is 0 Å². The van der Waals surface area contributed by atoms with Gasteiger partial charge in [0.2, 0.25) is 23.6 Å². The van der Waals surface area contributed by atoms with E-state index in [2.05, 4.69) is 41.2 Å². The molecule has 29 heavy (non-hydrogen) atoms. The number of aliphatic carboxylic acids is 2. The van der Waals surface area contributed by atoms with Crippen LogP contribution < -0.4 is 27.4 Å². The van der Waals surface area contributed by atoms with Gasteiger partial charge in [-0.2, -0.15) is 25.3 Å². The van der Waals surface area contributed by atoms with Gasteiger partial charge in [0.15, 0.2) is 0 Å². The molecule has 4 unspecified atom stereocenters. The lowest BCUT2D eigenvalue weighted by Crippen LogP contribution is -2.58. The van der Waals surface area contributed by atoms with Crippen LogP contribution in [0.15, 0.2) is 0 Å². The van der Waals surface area contributed by atoms with Crippen molar-refractivity contribution in [2.24, 2.45) is 11.5 Å². The number of hydrogen-bond acceptors (Lipinski definition) is 9. The molecule has 0 heterocycles. The molecule has 0 rings (SSSR count). The van der Waals surface area contributed by atoms with Crippen LogP contribution in [0.5, 0.6) is 0 Å². The summed E-state index contributed by atoms with van der Waals surface area (Å²) in [7, 11) is 0. The van der Waals surface area contributed by atoms with E-state index in [0.717, 1.165) is 0 Å². The van der Waals surface area contributed by atoms with Crippen LogP contribution in [0.25, 0.3) is 0 Å². The Morgan fingerprint density at radius 3 is 1.62 bits per heavy atom. The van der Waals surface area contributed by atoms with Crippen LogP contribution in [0.3, 0.4) is 0 Å². The average Bonchev–Trinajstić information content (AvgIpc) is 2.61. The van der Waals surface area contributed by atoms with Gasteiger partial charge in [0.05, 0.1) is 18.9 Å². The lowest BCUT2D eigenvalue weighted by atomic mass is 10.1. The number of thiol groups is 2. The molecule has 0 bridgehead atoms. The van der Waals surface area contributed by atoms with E-state index in [4.69, 9.17) is 21.7 Å². The third kappa shape index (κ3) is 10.00. The molecule has 9 N–H and O–H groups in total. The van der Waals surface area contributed by atoms with E-state index in [1.807, 2.05) is 0 Å². The van der Waals surface area contributed by atoms with Gasteiger partial charge in [-0.05, 0) is 0 Å². The second-order valence-corrected chi connectivity index (χ2v) is 6.49. The van der Waals surface area contributed by atoms with Gasteiger partial charge in [-0.25, -0.2) is 4.79 Å². The van der Waals surface area contributed by atoms with E-state index < -0.39 is 72.6 Å². The molecule has 0 saturated carbocycles. The summed E-state index contributed by atoms with van der Waals surface area (Å²) in [6.45, 7) is 0. The minimum absolute atomic E-state index is 0.212. The van der Waals surface area contributed by atoms with E-state index >= 15 is 0 Å². The van der Waals surface area contributed by atoms with Crippen molar-refractivity contribution >= 4 is 60.8 Å². The second-order valence-electron chi connectivity index (χ2n) is 5.76. The lowest BCUT2D eigenvalue weighted by Gasteiger charge is -2.23. The fraction of sp³-hybridized carbons (Fsp3) is 0.571. The lowest BCUT2D eigenvalue weighted by molar-refractivity contribution is -0.141. The molecule has 0 aromatic carbocycles. The van der Waals surface area contributed by atoms with Gasteiger partial charge in [-0.15, -0.1) is 0 Å². The van der Waals surface area contributed by atoms with Gasteiger partial charge in [-0.1, -0.05) is 0 Å². The van der Waals surface area contributed by atoms with E-state index in [1.165, 1.54) is 0 Å². The molecular formula is C14H23N5O8S2. The molecule has 4 atom stereocenters. The number of nitrogens with two attached hydrogens (primary N) is 2. The summed E-state index contributed by atoms with van der Waals surface area (Å²) in [5, 5.41) is 24.0. The van der Waals surface area contributed by atoms with Crippen molar-refractivity contribution in [2.45, 2.75) is 37.0 Å². The Bertz CT molecular complexity index is 662. The summed E-state index contributed by atoms with van der Waals surface area (Å²) < 4.78 is 0. The van der Waals surface area contributed by atoms with E-state index in [-0.39, 0.29) is 11.5 Å². The topological polar surface area (TPSA) is 231 Å². The number of carboxylic acids is 2. The number of hydrogen-bond donors (Lipinski definition) is 9. The van der Waals surface area contributed by atoms with Crippen molar-refractivity contribution < 1.29 is 39.0 Å². The molecule has 0 aliphatic heterocycles. The molecule has 0 spiro atoms. The van der Waals surface area contributed by atoms with E-state index in [9.17, 15) is 28.8 Å². The Labute approximate surface area is 176 Å². The Morgan fingerprint density at radius 1 is 0.759 bits per heavy atom. The molecule has 0 fully saturated rings. The molecule has 0 aromatic rings. The molecular weight excluding hydrogens is 430 g/mol. The summed E-state index contributed by atoms with van der Waals surface area (Å²) in [5.41, 5.74) is 10.4. The van der Waals surface area contributed by atoms with Crippen LogP contribution in [-0.4, -0.2) is 81.5 Å². The van der Waals surface area contributed by atoms with Crippen LogP contribution in [0, 0.1) is 0 Å². The molecule has 13 nitrogen and oxygen atoms in total. The van der Waals surface area contributed by atoms with Crippen molar-refractivity contribution in [1.29, 1.82) is 0 Å². The molecule has 0 aliphatic rings. The standard InChI is InChI=1S/C14H23N5O8S2/c15-5(1-10(21)22)11(23)17-6(2-9(16)20)12(24)18-7(3-28)13(25)19-8(4-29)14(26)27/h5-8,28-29H,1-4,15H2,(H2,16,20)(H,17,23)(H,18,24)(H,19,25)(H,21,22)(H,26,27). The summed E-state index contributed by atoms with van der Waals surface area (Å²) in [6.07, 6.45) is -1.38. The highest BCUT2D eigenvalue weighted by Crippen LogP contribution is 1.99. The number of rotatable bonds is 13. The number of nitrogens with one attached hydrogen (secondary N) is 3. The van der Waals surface area contributed by atoms with Gasteiger partial charge in [0.1, 0.15) is 18.1 Å². The quantitative estimate of drug-likeness (QED) is 0.124. The highest BCUT2D eigenvalue weighted by Gasteiger charge is 2.30. The minimum Gasteiger partial charge on any atom is -0.481 e. The first-order valence-corrected chi connectivity index (χ1v) is 9.30. The zero-order valence-electron chi connectivity index (χ0n) is 15.0. The molecule has 4 amide bonds. The zero-order chi connectivity index (χ0) is 22.7. The number of carbonyl (C=O) groups excluding carboxylic acids is 4. The van der Waals surface area contributed by atoms with Crippen LogP contribution in [0.1, 0.15) is 12.8 Å². The Kier molecular flexibility index (Phi) is 11.7. The van der Waals surface area contributed by atoms with Crippen molar-refractivity contribution in [3.63, 3.8) is 0 Å². The first-order chi connectivity index (χ1) is 13.4. The summed E-state index contributed by atoms with van der Waals surface area (Å²) in [6, 6.07) is -5.67. The maximum atomic E-state index is 12.4. The predicted octanol–water partition coefficient (Wildman–Crippen LogP) is -3.94. The largest absolute Gasteiger partial charge is 0.481 e. The Balaban J connectivity index is 5.20. The minimum atomic E-state index is -1.55.